The van der Waals surface area contributed by atoms with Crippen molar-refractivity contribution in [3.05, 3.63) is 77.9 Å². The lowest BCUT2D eigenvalue weighted by molar-refractivity contribution is 1.34. The quantitative estimate of drug-likeness (QED) is 0.477. The van der Waals surface area contributed by atoms with Gasteiger partial charge >= 0.3 is 0 Å². The summed E-state index contributed by atoms with van der Waals surface area (Å²) in [6, 6.07) is 23.1. The van der Waals surface area contributed by atoms with Crippen LogP contribution in [0.4, 0.5) is 11.5 Å². The molecule has 0 amide bonds. The predicted octanol–water partition coefficient (Wildman–Crippen LogP) is 5.75. The first-order valence-corrected chi connectivity index (χ1v) is 7.84. The molecule has 112 valence electrons. The highest BCUT2D eigenvalue weighted by Crippen LogP contribution is 2.31. The fraction of sp³-hybridized carbons (Fsp3) is 0.0952. The third-order valence-corrected chi connectivity index (χ3v) is 4.24. The molecular weight excluding hydrogens is 280 g/mol. The zero-order valence-electron chi connectivity index (χ0n) is 13.3. The van der Waals surface area contributed by atoms with Crippen molar-refractivity contribution in [3.8, 4) is 0 Å². The molecule has 0 radical (unpaired) electrons. The first kappa shape index (κ1) is 13.8. The number of hydrogen-bond donors (Lipinski definition) is 1. The predicted molar refractivity (Wildman–Crippen MR) is 98.4 cm³/mol. The van der Waals surface area contributed by atoms with Gasteiger partial charge < -0.3 is 5.32 Å². The Balaban J connectivity index is 1.94. The minimum atomic E-state index is 0.909. The molecule has 1 N–H and O–H groups in total. The monoisotopic (exact) mass is 298 g/mol. The highest BCUT2D eigenvalue weighted by molar-refractivity contribution is 6.10. The number of fused-ring (bicyclic) bond motifs is 3. The molecule has 3 aromatic carbocycles. The number of pyridine rings is 1. The van der Waals surface area contributed by atoms with Crippen molar-refractivity contribution >= 4 is 33.2 Å². The Morgan fingerprint density at radius 3 is 2.22 bits per heavy atom. The molecule has 0 aliphatic rings. The standard InChI is InChI=1S/C21H18N2/c1-14-11-12-19(15(2)13-14)22-21-18-9-4-3-7-16(18)17-8-5-6-10-20(17)23-21/h3-13H,1-2H3,(H,22,23). The van der Waals surface area contributed by atoms with Crippen LogP contribution in [0.15, 0.2) is 66.7 Å². The summed E-state index contributed by atoms with van der Waals surface area (Å²) < 4.78 is 0. The van der Waals surface area contributed by atoms with Crippen LogP contribution in [0.3, 0.4) is 0 Å². The maximum atomic E-state index is 4.85. The van der Waals surface area contributed by atoms with Crippen molar-refractivity contribution in [2.45, 2.75) is 13.8 Å². The van der Waals surface area contributed by atoms with Gasteiger partial charge in [-0.1, -0.05) is 60.2 Å². The fourth-order valence-electron chi connectivity index (χ4n) is 3.08. The molecule has 0 saturated heterocycles. The third-order valence-electron chi connectivity index (χ3n) is 4.24. The van der Waals surface area contributed by atoms with Crippen LogP contribution in [-0.4, -0.2) is 4.98 Å². The number of benzene rings is 3. The minimum Gasteiger partial charge on any atom is -0.339 e. The van der Waals surface area contributed by atoms with Crippen molar-refractivity contribution in [2.24, 2.45) is 0 Å². The van der Waals surface area contributed by atoms with Crippen LogP contribution < -0.4 is 5.32 Å². The fourth-order valence-corrected chi connectivity index (χ4v) is 3.08. The Morgan fingerprint density at radius 2 is 1.43 bits per heavy atom. The lowest BCUT2D eigenvalue weighted by atomic mass is 10.1. The van der Waals surface area contributed by atoms with Gasteiger partial charge in [0.1, 0.15) is 5.82 Å². The summed E-state index contributed by atoms with van der Waals surface area (Å²) in [7, 11) is 0. The molecule has 0 atom stereocenters. The number of hydrogen-bond acceptors (Lipinski definition) is 2. The Hall–Kier alpha value is -2.87. The van der Waals surface area contributed by atoms with Crippen LogP contribution in [0.1, 0.15) is 11.1 Å². The van der Waals surface area contributed by atoms with Crippen LogP contribution in [-0.2, 0) is 0 Å². The number of aromatic nitrogens is 1. The third kappa shape index (κ3) is 2.42. The van der Waals surface area contributed by atoms with E-state index in [0.717, 1.165) is 22.4 Å². The summed E-state index contributed by atoms with van der Waals surface area (Å²) >= 11 is 0. The Bertz CT molecular complexity index is 1020. The Kier molecular flexibility index (Phi) is 3.23. The van der Waals surface area contributed by atoms with Crippen LogP contribution in [0.2, 0.25) is 0 Å². The van der Waals surface area contributed by atoms with E-state index >= 15 is 0 Å². The summed E-state index contributed by atoms with van der Waals surface area (Å²) in [4.78, 5) is 4.85. The number of para-hydroxylation sites is 1. The minimum absolute atomic E-state index is 0.909. The van der Waals surface area contributed by atoms with Crippen LogP contribution in [0, 0.1) is 13.8 Å². The number of aryl methyl sites for hydroxylation is 2. The molecule has 0 fully saturated rings. The second-order valence-corrected chi connectivity index (χ2v) is 5.97. The van der Waals surface area contributed by atoms with E-state index in [2.05, 4.69) is 79.8 Å². The summed E-state index contributed by atoms with van der Waals surface area (Å²) in [6.45, 7) is 4.24. The molecule has 2 heteroatoms. The van der Waals surface area contributed by atoms with Gasteiger partial charge in [-0.15, -0.1) is 0 Å². The summed E-state index contributed by atoms with van der Waals surface area (Å²) in [6.07, 6.45) is 0. The lowest BCUT2D eigenvalue weighted by Crippen LogP contribution is -1.98. The normalized spacial score (nSPS) is 11.0. The van der Waals surface area contributed by atoms with E-state index in [4.69, 9.17) is 4.98 Å². The van der Waals surface area contributed by atoms with Gasteiger partial charge in [0.2, 0.25) is 0 Å². The lowest BCUT2D eigenvalue weighted by Gasteiger charge is -2.13. The first-order chi connectivity index (χ1) is 11.2. The van der Waals surface area contributed by atoms with Gasteiger partial charge in [-0.3, -0.25) is 0 Å². The van der Waals surface area contributed by atoms with Crippen molar-refractivity contribution in [3.63, 3.8) is 0 Å². The van der Waals surface area contributed by atoms with Gasteiger partial charge in [-0.05, 0) is 36.9 Å². The molecule has 0 unspecified atom stereocenters. The van der Waals surface area contributed by atoms with Gasteiger partial charge in [-0.2, -0.15) is 0 Å². The molecule has 0 bridgehead atoms. The van der Waals surface area contributed by atoms with E-state index in [1.54, 1.807) is 0 Å². The summed E-state index contributed by atoms with van der Waals surface area (Å²) in [5.41, 5.74) is 4.61. The van der Waals surface area contributed by atoms with Crippen molar-refractivity contribution in [2.75, 3.05) is 5.32 Å². The van der Waals surface area contributed by atoms with Crippen molar-refractivity contribution < 1.29 is 0 Å². The number of nitrogens with zero attached hydrogens (tertiary/aromatic N) is 1. The van der Waals surface area contributed by atoms with E-state index in [9.17, 15) is 0 Å². The smallest absolute Gasteiger partial charge is 0.138 e. The maximum absolute atomic E-state index is 4.85. The molecule has 0 aliphatic carbocycles. The molecule has 0 spiro atoms. The second-order valence-electron chi connectivity index (χ2n) is 5.97. The van der Waals surface area contributed by atoms with Gasteiger partial charge in [-0.25, -0.2) is 4.98 Å². The second kappa shape index (κ2) is 5.40. The van der Waals surface area contributed by atoms with Crippen molar-refractivity contribution in [1.29, 1.82) is 0 Å². The Morgan fingerprint density at radius 1 is 0.739 bits per heavy atom. The molecule has 2 nitrogen and oxygen atoms in total. The zero-order chi connectivity index (χ0) is 15.8. The topological polar surface area (TPSA) is 24.9 Å². The SMILES string of the molecule is Cc1ccc(Nc2nc3ccccc3c3ccccc23)c(C)c1. The van der Waals surface area contributed by atoms with E-state index in [1.165, 1.54) is 21.9 Å². The molecular formula is C21H18N2. The summed E-state index contributed by atoms with van der Waals surface area (Å²) in [5.74, 6) is 0.909. The summed E-state index contributed by atoms with van der Waals surface area (Å²) in [5, 5.41) is 7.08. The Labute approximate surface area is 135 Å². The number of nitrogens with one attached hydrogen (secondary N) is 1. The average Bonchev–Trinajstić information content (AvgIpc) is 2.57. The zero-order valence-corrected chi connectivity index (χ0v) is 13.3. The highest BCUT2D eigenvalue weighted by atomic mass is 15.0. The molecule has 1 heterocycles. The highest BCUT2D eigenvalue weighted by Gasteiger charge is 2.09. The maximum Gasteiger partial charge on any atom is 0.138 e. The van der Waals surface area contributed by atoms with E-state index < -0.39 is 0 Å². The molecule has 0 saturated carbocycles. The van der Waals surface area contributed by atoms with E-state index in [0.29, 0.717) is 0 Å². The molecule has 0 aliphatic heterocycles. The van der Waals surface area contributed by atoms with Gasteiger partial charge in [0, 0.05) is 16.5 Å². The molecule has 4 aromatic rings. The van der Waals surface area contributed by atoms with E-state index in [-0.39, 0.29) is 0 Å². The van der Waals surface area contributed by atoms with Gasteiger partial charge in [0.15, 0.2) is 0 Å². The van der Waals surface area contributed by atoms with E-state index in [1.807, 2.05) is 6.07 Å². The van der Waals surface area contributed by atoms with Crippen molar-refractivity contribution in [1.82, 2.24) is 4.98 Å². The molecule has 1 aromatic heterocycles. The van der Waals surface area contributed by atoms with Gasteiger partial charge in [0.25, 0.3) is 0 Å². The average molecular weight is 298 g/mol. The molecule has 4 rings (SSSR count). The van der Waals surface area contributed by atoms with Crippen LogP contribution >= 0.6 is 0 Å². The largest absolute Gasteiger partial charge is 0.339 e. The van der Waals surface area contributed by atoms with Gasteiger partial charge in [0.05, 0.1) is 5.52 Å². The number of rotatable bonds is 2. The molecule has 23 heavy (non-hydrogen) atoms. The van der Waals surface area contributed by atoms with Crippen LogP contribution in [0.25, 0.3) is 21.7 Å². The van der Waals surface area contributed by atoms with Crippen LogP contribution in [0.5, 0.6) is 0 Å². The number of anilines is 2. The first-order valence-electron chi connectivity index (χ1n) is 7.84.